The Morgan fingerprint density at radius 2 is 1.89 bits per heavy atom. The molecule has 0 saturated heterocycles. The van der Waals surface area contributed by atoms with E-state index in [-0.39, 0.29) is 12.1 Å². The van der Waals surface area contributed by atoms with Gasteiger partial charge in [0.25, 0.3) is 0 Å². The zero-order valence-corrected chi connectivity index (χ0v) is 10.3. The molecule has 1 heterocycles. The molecule has 0 fully saturated rings. The maximum atomic E-state index is 13.6. The fourth-order valence-corrected chi connectivity index (χ4v) is 1.93. The van der Waals surface area contributed by atoms with Crippen LogP contribution in [0.3, 0.4) is 0 Å². The molecule has 0 amide bonds. The van der Waals surface area contributed by atoms with Gasteiger partial charge in [-0.25, -0.2) is 8.78 Å². The lowest BCUT2D eigenvalue weighted by molar-refractivity contribution is 0.396. The van der Waals surface area contributed by atoms with E-state index in [9.17, 15) is 8.78 Å². The SMILES string of the molecule is CC(N[C@@H](C)c1ccco1)c1cc(F)ccc1F. The Labute approximate surface area is 105 Å². The number of benzene rings is 1. The second-order valence-corrected chi connectivity index (χ2v) is 4.29. The summed E-state index contributed by atoms with van der Waals surface area (Å²) in [6.45, 7) is 3.70. The number of hydrogen-bond donors (Lipinski definition) is 1. The zero-order valence-electron chi connectivity index (χ0n) is 10.3. The van der Waals surface area contributed by atoms with Crippen molar-refractivity contribution in [2.75, 3.05) is 0 Å². The lowest BCUT2D eigenvalue weighted by Gasteiger charge is -2.19. The second kappa shape index (κ2) is 5.31. The van der Waals surface area contributed by atoms with Gasteiger partial charge in [0.05, 0.1) is 12.3 Å². The quantitative estimate of drug-likeness (QED) is 0.889. The second-order valence-electron chi connectivity index (χ2n) is 4.29. The van der Waals surface area contributed by atoms with Gasteiger partial charge in [-0.05, 0) is 44.2 Å². The molecule has 2 nitrogen and oxygen atoms in total. The van der Waals surface area contributed by atoms with Gasteiger partial charge < -0.3 is 9.73 Å². The van der Waals surface area contributed by atoms with E-state index in [1.807, 2.05) is 13.0 Å². The van der Waals surface area contributed by atoms with Gasteiger partial charge in [-0.15, -0.1) is 0 Å². The molecule has 0 radical (unpaired) electrons. The van der Waals surface area contributed by atoms with E-state index in [0.717, 1.165) is 17.9 Å². The zero-order chi connectivity index (χ0) is 13.1. The van der Waals surface area contributed by atoms with Crippen molar-refractivity contribution in [2.45, 2.75) is 25.9 Å². The van der Waals surface area contributed by atoms with Gasteiger partial charge in [-0.3, -0.25) is 0 Å². The van der Waals surface area contributed by atoms with Gasteiger partial charge in [0.2, 0.25) is 0 Å². The first-order chi connectivity index (χ1) is 8.58. The highest BCUT2D eigenvalue weighted by atomic mass is 19.1. The van der Waals surface area contributed by atoms with Gasteiger partial charge in [0.15, 0.2) is 0 Å². The molecule has 1 aromatic carbocycles. The standard InChI is InChI=1S/C14H15F2NO/c1-9(12-8-11(15)5-6-13(12)16)17-10(2)14-4-3-7-18-14/h3-10,17H,1-2H3/t9?,10-/m0/s1. The van der Waals surface area contributed by atoms with Crippen molar-refractivity contribution < 1.29 is 13.2 Å². The van der Waals surface area contributed by atoms with Crippen LogP contribution in [-0.2, 0) is 0 Å². The first kappa shape index (κ1) is 12.8. The van der Waals surface area contributed by atoms with Gasteiger partial charge >= 0.3 is 0 Å². The minimum absolute atomic E-state index is 0.0716. The average Bonchev–Trinajstić information content (AvgIpc) is 2.85. The molecule has 0 saturated carbocycles. The molecule has 4 heteroatoms. The van der Waals surface area contributed by atoms with Crippen molar-refractivity contribution in [3.05, 3.63) is 59.6 Å². The Morgan fingerprint density at radius 1 is 1.11 bits per heavy atom. The first-order valence-electron chi connectivity index (χ1n) is 5.82. The lowest BCUT2D eigenvalue weighted by atomic mass is 10.1. The van der Waals surface area contributed by atoms with Crippen molar-refractivity contribution in [2.24, 2.45) is 0 Å². The van der Waals surface area contributed by atoms with Gasteiger partial charge in [-0.2, -0.15) is 0 Å². The van der Waals surface area contributed by atoms with E-state index in [4.69, 9.17) is 4.42 Å². The summed E-state index contributed by atoms with van der Waals surface area (Å²) in [4.78, 5) is 0. The Morgan fingerprint density at radius 3 is 2.56 bits per heavy atom. The van der Waals surface area contributed by atoms with Crippen LogP contribution in [0.2, 0.25) is 0 Å². The van der Waals surface area contributed by atoms with Gasteiger partial charge in [0.1, 0.15) is 17.4 Å². The Hall–Kier alpha value is -1.68. The van der Waals surface area contributed by atoms with E-state index in [1.165, 1.54) is 6.07 Å². The molecule has 0 bridgehead atoms. The predicted octanol–water partition coefficient (Wildman–Crippen LogP) is 3.97. The molecule has 0 aliphatic rings. The highest BCUT2D eigenvalue weighted by Gasteiger charge is 2.16. The summed E-state index contributed by atoms with van der Waals surface area (Å²) in [7, 11) is 0. The molecule has 0 aliphatic heterocycles. The molecule has 18 heavy (non-hydrogen) atoms. The summed E-state index contributed by atoms with van der Waals surface area (Å²) in [6.07, 6.45) is 1.58. The Balaban J connectivity index is 2.12. The summed E-state index contributed by atoms with van der Waals surface area (Å²) in [5.41, 5.74) is 0.313. The Bertz CT molecular complexity index is 511. The average molecular weight is 251 g/mol. The first-order valence-corrected chi connectivity index (χ1v) is 5.82. The number of halogens is 2. The number of furan rings is 1. The van der Waals surface area contributed by atoms with Gasteiger partial charge in [-0.1, -0.05) is 0 Å². The van der Waals surface area contributed by atoms with Crippen molar-refractivity contribution in [3.63, 3.8) is 0 Å². The molecule has 1 unspecified atom stereocenters. The smallest absolute Gasteiger partial charge is 0.128 e. The van der Waals surface area contributed by atoms with Crippen molar-refractivity contribution in [3.8, 4) is 0 Å². The fourth-order valence-electron chi connectivity index (χ4n) is 1.93. The number of rotatable bonds is 4. The molecule has 2 aromatic rings. The monoisotopic (exact) mass is 251 g/mol. The molecular weight excluding hydrogens is 236 g/mol. The number of hydrogen-bond acceptors (Lipinski definition) is 2. The molecule has 0 aliphatic carbocycles. The van der Waals surface area contributed by atoms with Crippen LogP contribution in [0, 0.1) is 11.6 Å². The van der Waals surface area contributed by atoms with Crippen molar-refractivity contribution in [1.29, 1.82) is 0 Å². The van der Waals surface area contributed by atoms with E-state index < -0.39 is 11.6 Å². The number of nitrogens with one attached hydrogen (secondary N) is 1. The van der Waals surface area contributed by atoms with Crippen LogP contribution in [0.15, 0.2) is 41.0 Å². The van der Waals surface area contributed by atoms with Crippen LogP contribution in [0.4, 0.5) is 8.78 Å². The minimum Gasteiger partial charge on any atom is -0.468 e. The lowest BCUT2D eigenvalue weighted by Crippen LogP contribution is -2.23. The predicted molar refractivity (Wildman–Crippen MR) is 65.0 cm³/mol. The molecule has 2 atom stereocenters. The molecule has 1 aromatic heterocycles. The van der Waals surface area contributed by atoms with E-state index in [1.54, 1.807) is 19.3 Å². The van der Waals surface area contributed by atoms with Crippen molar-refractivity contribution in [1.82, 2.24) is 5.32 Å². The van der Waals surface area contributed by atoms with Crippen LogP contribution in [0.5, 0.6) is 0 Å². The third-order valence-electron chi connectivity index (χ3n) is 2.89. The molecule has 2 rings (SSSR count). The van der Waals surface area contributed by atoms with E-state index in [0.29, 0.717) is 5.56 Å². The summed E-state index contributed by atoms with van der Waals surface area (Å²) in [6, 6.07) is 6.72. The topological polar surface area (TPSA) is 25.2 Å². The maximum absolute atomic E-state index is 13.6. The molecular formula is C14H15F2NO. The van der Waals surface area contributed by atoms with Gasteiger partial charge in [0, 0.05) is 11.6 Å². The molecule has 96 valence electrons. The summed E-state index contributed by atoms with van der Waals surface area (Å²) in [5, 5.41) is 3.17. The maximum Gasteiger partial charge on any atom is 0.128 e. The van der Waals surface area contributed by atoms with Crippen LogP contribution < -0.4 is 5.32 Å². The Kier molecular flexibility index (Phi) is 3.77. The normalized spacial score (nSPS) is 14.4. The third-order valence-corrected chi connectivity index (χ3v) is 2.89. The largest absolute Gasteiger partial charge is 0.468 e. The van der Waals surface area contributed by atoms with Crippen LogP contribution >= 0.6 is 0 Å². The summed E-state index contributed by atoms with van der Waals surface area (Å²) in [5.74, 6) is -0.0904. The highest BCUT2D eigenvalue weighted by Crippen LogP contribution is 2.22. The summed E-state index contributed by atoms with van der Waals surface area (Å²) >= 11 is 0. The molecule has 0 spiro atoms. The van der Waals surface area contributed by atoms with Crippen molar-refractivity contribution >= 4 is 0 Å². The third kappa shape index (κ3) is 2.76. The van der Waals surface area contributed by atoms with Crippen LogP contribution in [0.1, 0.15) is 37.3 Å². The minimum atomic E-state index is -0.439. The van der Waals surface area contributed by atoms with E-state index in [2.05, 4.69) is 5.32 Å². The summed E-state index contributed by atoms with van der Waals surface area (Å²) < 4.78 is 31.9. The molecule has 1 N–H and O–H groups in total. The van der Waals surface area contributed by atoms with Crippen LogP contribution in [0.25, 0.3) is 0 Å². The highest BCUT2D eigenvalue weighted by molar-refractivity contribution is 5.22. The fraction of sp³-hybridized carbons (Fsp3) is 0.286. The van der Waals surface area contributed by atoms with E-state index >= 15 is 0 Å². The van der Waals surface area contributed by atoms with Crippen LogP contribution in [-0.4, -0.2) is 0 Å².